The Hall–Kier alpha value is -2.38. The predicted molar refractivity (Wildman–Crippen MR) is 77.9 cm³/mol. The molecule has 0 saturated heterocycles. The fourth-order valence-corrected chi connectivity index (χ4v) is 1.65. The van der Waals surface area contributed by atoms with E-state index >= 15 is 0 Å². The molecule has 1 aromatic heterocycles. The number of halogens is 3. The fourth-order valence-electron chi connectivity index (χ4n) is 1.65. The standard InChI is InChI=1S/C14H16F3N5/c1-9(2)7-18-12-8-19-22-13(21-12)20-11-5-3-4-10(6-11)14(15,16)17/h3-6,8-9H,7H2,1-2H3,(H2,18,20,21,22). The lowest BCUT2D eigenvalue weighted by molar-refractivity contribution is -0.137. The van der Waals surface area contributed by atoms with Crippen LogP contribution in [0.3, 0.4) is 0 Å². The van der Waals surface area contributed by atoms with Gasteiger partial charge in [-0.15, -0.1) is 5.10 Å². The normalized spacial score (nSPS) is 11.5. The molecule has 2 aromatic rings. The molecule has 8 heteroatoms. The lowest BCUT2D eigenvalue weighted by atomic mass is 10.2. The van der Waals surface area contributed by atoms with Gasteiger partial charge in [-0.1, -0.05) is 19.9 Å². The van der Waals surface area contributed by atoms with E-state index in [1.807, 2.05) is 13.8 Å². The van der Waals surface area contributed by atoms with E-state index in [0.29, 0.717) is 18.3 Å². The van der Waals surface area contributed by atoms with E-state index in [4.69, 9.17) is 0 Å². The Morgan fingerprint density at radius 1 is 1.23 bits per heavy atom. The summed E-state index contributed by atoms with van der Waals surface area (Å²) in [6.45, 7) is 4.80. The summed E-state index contributed by atoms with van der Waals surface area (Å²) in [4.78, 5) is 4.15. The molecule has 2 rings (SSSR count). The van der Waals surface area contributed by atoms with Crippen LogP contribution in [0.2, 0.25) is 0 Å². The lowest BCUT2D eigenvalue weighted by Crippen LogP contribution is -2.11. The number of hydrogen-bond donors (Lipinski definition) is 2. The zero-order chi connectivity index (χ0) is 16.2. The highest BCUT2D eigenvalue weighted by Gasteiger charge is 2.30. The molecule has 0 aliphatic carbocycles. The highest BCUT2D eigenvalue weighted by Crippen LogP contribution is 2.31. The first kappa shape index (κ1) is 16.0. The third-order valence-electron chi connectivity index (χ3n) is 2.70. The van der Waals surface area contributed by atoms with Crippen LogP contribution in [-0.4, -0.2) is 21.7 Å². The van der Waals surface area contributed by atoms with Crippen LogP contribution in [0.1, 0.15) is 19.4 Å². The van der Waals surface area contributed by atoms with Gasteiger partial charge in [0.15, 0.2) is 5.82 Å². The van der Waals surface area contributed by atoms with Crippen molar-refractivity contribution < 1.29 is 13.2 Å². The number of hydrogen-bond acceptors (Lipinski definition) is 5. The summed E-state index contributed by atoms with van der Waals surface area (Å²) in [5, 5.41) is 13.3. The maximum atomic E-state index is 12.7. The molecule has 0 saturated carbocycles. The van der Waals surface area contributed by atoms with Crippen LogP contribution in [0.25, 0.3) is 0 Å². The van der Waals surface area contributed by atoms with Crippen LogP contribution in [0, 0.1) is 5.92 Å². The molecule has 118 valence electrons. The summed E-state index contributed by atoms with van der Waals surface area (Å²) in [5.74, 6) is 1.07. The van der Waals surface area contributed by atoms with E-state index < -0.39 is 11.7 Å². The maximum Gasteiger partial charge on any atom is 0.416 e. The predicted octanol–water partition coefficient (Wildman–Crippen LogP) is 3.70. The van der Waals surface area contributed by atoms with Crippen LogP contribution in [-0.2, 0) is 6.18 Å². The van der Waals surface area contributed by atoms with Gasteiger partial charge < -0.3 is 10.6 Å². The number of alkyl halides is 3. The van der Waals surface area contributed by atoms with Crippen LogP contribution < -0.4 is 10.6 Å². The van der Waals surface area contributed by atoms with Gasteiger partial charge in [0.1, 0.15) is 0 Å². The van der Waals surface area contributed by atoms with Crippen molar-refractivity contribution in [2.24, 2.45) is 5.92 Å². The first-order valence-electron chi connectivity index (χ1n) is 6.72. The Balaban J connectivity index is 2.12. The van der Waals surface area contributed by atoms with Gasteiger partial charge in [0.2, 0.25) is 5.95 Å². The molecule has 2 N–H and O–H groups in total. The average molecular weight is 311 g/mol. The summed E-state index contributed by atoms with van der Waals surface area (Å²) in [6, 6.07) is 4.83. The molecule has 0 unspecified atom stereocenters. The SMILES string of the molecule is CC(C)CNc1cnnc(Nc2cccc(C(F)(F)F)c2)n1. The number of benzene rings is 1. The van der Waals surface area contributed by atoms with Crippen molar-refractivity contribution in [3.63, 3.8) is 0 Å². The minimum absolute atomic E-state index is 0.132. The van der Waals surface area contributed by atoms with Crippen molar-refractivity contribution in [1.82, 2.24) is 15.2 Å². The van der Waals surface area contributed by atoms with Gasteiger partial charge in [-0.25, -0.2) is 0 Å². The minimum Gasteiger partial charge on any atom is -0.368 e. The van der Waals surface area contributed by atoms with Crippen LogP contribution in [0.5, 0.6) is 0 Å². The second-order valence-corrected chi connectivity index (χ2v) is 5.14. The van der Waals surface area contributed by atoms with E-state index in [0.717, 1.165) is 12.1 Å². The van der Waals surface area contributed by atoms with Crippen LogP contribution in [0.4, 0.5) is 30.6 Å². The monoisotopic (exact) mass is 311 g/mol. The molecule has 0 radical (unpaired) electrons. The maximum absolute atomic E-state index is 12.7. The van der Waals surface area contributed by atoms with Gasteiger partial charge in [0, 0.05) is 12.2 Å². The van der Waals surface area contributed by atoms with E-state index in [-0.39, 0.29) is 11.6 Å². The number of anilines is 3. The smallest absolute Gasteiger partial charge is 0.368 e. The third kappa shape index (κ3) is 4.57. The zero-order valence-corrected chi connectivity index (χ0v) is 12.1. The molecule has 0 bridgehead atoms. The Kier molecular flexibility index (Phi) is 4.79. The highest BCUT2D eigenvalue weighted by molar-refractivity contribution is 5.55. The van der Waals surface area contributed by atoms with Gasteiger partial charge in [-0.05, 0) is 24.1 Å². The summed E-state index contributed by atoms with van der Waals surface area (Å²) in [7, 11) is 0. The zero-order valence-electron chi connectivity index (χ0n) is 12.1. The molecule has 0 amide bonds. The van der Waals surface area contributed by atoms with Crippen molar-refractivity contribution in [2.75, 3.05) is 17.2 Å². The van der Waals surface area contributed by atoms with Gasteiger partial charge in [-0.2, -0.15) is 23.3 Å². The second-order valence-electron chi connectivity index (χ2n) is 5.14. The molecule has 1 aromatic carbocycles. The van der Waals surface area contributed by atoms with Gasteiger partial charge >= 0.3 is 6.18 Å². The Bertz CT molecular complexity index is 628. The number of rotatable bonds is 5. The van der Waals surface area contributed by atoms with E-state index in [1.165, 1.54) is 18.3 Å². The Morgan fingerprint density at radius 2 is 2.00 bits per heavy atom. The minimum atomic E-state index is -4.39. The second kappa shape index (κ2) is 6.59. The quantitative estimate of drug-likeness (QED) is 0.881. The van der Waals surface area contributed by atoms with Crippen molar-refractivity contribution in [1.29, 1.82) is 0 Å². The van der Waals surface area contributed by atoms with Gasteiger partial charge in [0.05, 0.1) is 11.8 Å². The van der Waals surface area contributed by atoms with Crippen LogP contribution in [0.15, 0.2) is 30.5 Å². The van der Waals surface area contributed by atoms with E-state index in [1.54, 1.807) is 0 Å². The summed E-state index contributed by atoms with van der Waals surface area (Å²) < 4.78 is 38.0. The molecule has 0 fully saturated rings. The van der Waals surface area contributed by atoms with E-state index in [9.17, 15) is 13.2 Å². The number of nitrogens with one attached hydrogen (secondary N) is 2. The van der Waals surface area contributed by atoms with Crippen molar-refractivity contribution in [3.05, 3.63) is 36.0 Å². The summed E-state index contributed by atoms with van der Waals surface area (Å²) >= 11 is 0. The first-order chi connectivity index (χ1) is 10.3. The molecule has 0 spiro atoms. The Labute approximate surface area is 126 Å². The number of nitrogens with zero attached hydrogens (tertiary/aromatic N) is 3. The summed E-state index contributed by atoms with van der Waals surface area (Å²) in [6.07, 6.45) is -2.93. The third-order valence-corrected chi connectivity index (χ3v) is 2.70. The first-order valence-corrected chi connectivity index (χ1v) is 6.72. The molecule has 0 atom stereocenters. The molecular formula is C14H16F3N5. The van der Waals surface area contributed by atoms with Gasteiger partial charge in [0.25, 0.3) is 0 Å². The lowest BCUT2D eigenvalue weighted by Gasteiger charge is -2.11. The highest BCUT2D eigenvalue weighted by atomic mass is 19.4. The average Bonchev–Trinajstić information content (AvgIpc) is 2.45. The molecule has 5 nitrogen and oxygen atoms in total. The molecule has 1 heterocycles. The van der Waals surface area contributed by atoms with E-state index in [2.05, 4.69) is 25.8 Å². The van der Waals surface area contributed by atoms with Crippen molar-refractivity contribution in [2.45, 2.75) is 20.0 Å². The van der Waals surface area contributed by atoms with Crippen molar-refractivity contribution in [3.8, 4) is 0 Å². The molecular weight excluding hydrogens is 295 g/mol. The molecule has 22 heavy (non-hydrogen) atoms. The molecule has 0 aliphatic rings. The topological polar surface area (TPSA) is 62.7 Å². The van der Waals surface area contributed by atoms with Crippen molar-refractivity contribution >= 4 is 17.5 Å². The largest absolute Gasteiger partial charge is 0.416 e. The number of aromatic nitrogens is 3. The van der Waals surface area contributed by atoms with Gasteiger partial charge in [-0.3, -0.25) is 0 Å². The Morgan fingerprint density at radius 3 is 2.68 bits per heavy atom. The molecule has 0 aliphatic heterocycles. The van der Waals surface area contributed by atoms with Crippen LogP contribution >= 0.6 is 0 Å². The fraction of sp³-hybridized carbons (Fsp3) is 0.357. The summed E-state index contributed by atoms with van der Waals surface area (Å²) in [5.41, 5.74) is -0.489.